The average molecular weight is 738 g/mol. The maximum Gasteiger partial charge on any atom is 0.313 e. The Morgan fingerprint density at radius 2 is 1.66 bits per heavy atom. The van der Waals surface area contributed by atoms with E-state index in [1.165, 1.54) is 4.90 Å². The van der Waals surface area contributed by atoms with Crippen LogP contribution in [0, 0.1) is 18.8 Å². The van der Waals surface area contributed by atoms with Gasteiger partial charge in [0.1, 0.15) is 23.7 Å². The second-order valence-electron chi connectivity index (χ2n) is 14.4. The third kappa shape index (κ3) is 6.47. The number of halogens is 1. The lowest BCUT2D eigenvalue weighted by atomic mass is 9.77. The van der Waals surface area contributed by atoms with Crippen LogP contribution in [-0.2, 0) is 35.1 Å². The number of carbonyl (C=O) groups excluding carboxylic acids is 4. The van der Waals surface area contributed by atoms with Crippen molar-refractivity contribution in [3.8, 4) is 0 Å². The molecule has 4 aliphatic rings. The van der Waals surface area contributed by atoms with Gasteiger partial charge in [0.25, 0.3) is 5.91 Å². The van der Waals surface area contributed by atoms with Crippen molar-refractivity contribution in [1.29, 1.82) is 0 Å². The van der Waals surface area contributed by atoms with E-state index in [9.17, 15) is 14.7 Å². The minimum atomic E-state index is -1.60. The molecular formula is C42H44ClN3O7. The fourth-order valence-electron chi connectivity index (χ4n) is 8.52. The van der Waals surface area contributed by atoms with E-state index in [0.717, 1.165) is 11.1 Å². The lowest BCUT2D eigenvalue weighted by molar-refractivity contribution is -0.164. The first-order valence-corrected chi connectivity index (χ1v) is 18.5. The maximum absolute atomic E-state index is 15.2. The highest BCUT2D eigenvalue weighted by atomic mass is 35.5. The van der Waals surface area contributed by atoms with Gasteiger partial charge in [0.05, 0.1) is 41.4 Å². The standard InChI is InChI=1S/C42H44ClN3O7/c1-26-14-12-19-31(43)36(26)45-23-13-22-42-35(39(49)46(38(42)40(45)50)30(25-47)24-28-15-6-4-7-16-28)34-32(53-42)20-10-11-21-33(48)44(3)27(2)37(52-41(34)51)29-17-8-5-9-18-29/h4-10,12-20,22,27,30,32,34-35,37-38,47H,11,21,23-25H2,1-3H3/b20-10-/t27-,30+,32-,34+,35+,37+,38-,42+/m0/s1. The average Bonchev–Trinajstić information content (AvgIpc) is 3.56. The van der Waals surface area contributed by atoms with Crippen molar-refractivity contribution in [2.24, 2.45) is 11.8 Å². The molecule has 0 bridgehead atoms. The molecule has 0 aromatic heterocycles. The van der Waals surface area contributed by atoms with E-state index in [2.05, 4.69) is 0 Å². The summed E-state index contributed by atoms with van der Waals surface area (Å²) in [5.41, 5.74) is 1.25. The van der Waals surface area contributed by atoms with Gasteiger partial charge in [-0.3, -0.25) is 19.2 Å². The van der Waals surface area contributed by atoms with Gasteiger partial charge in [-0.05, 0) is 49.4 Å². The van der Waals surface area contributed by atoms with E-state index >= 15 is 9.59 Å². The molecule has 4 aliphatic heterocycles. The van der Waals surface area contributed by atoms with Crippen molar-refractivity contribution >= 4 is 41.0 Å². The smallest absolute Gasteiger partial charge is 0.313 e. The Balaban J connectivity index is 1.37. The molecule has 0 saturated carbocycles. The van der Waals surface area contributed by atoms with Crippen LogP contribution in [0.1, 0.15) is 42.6 Å². The molecule has 2 fully saturated rings. The summed E-state index contributed by atoms with van der Waals surface area (Å²) in [7, 11) is 1.70. The highest BCUT2D eigenvalue weighted by Gasteiger charge is 2.72. The topological polar surface area (TPSA) is 117 Å². The summed E-state index contributed by atoms with van der Waals surface area (Å²) in [6.45, 7) is 3.40. The third-order valence-corrected chi connectivity index (χ3v) is 11.5. The summed E-state index contributed by atoms with van der Waals surface area (Å²) in [5.74, 6) is -4.02. The van der Waals surface area contributed by atoms with Crippen LogP contribution in [-0.4, -0.2) is 88.6 Å². The number of hydrogen-bond donors (Lipinski definition) is 1. The highest BCUT2D eigenvalue weighted by molar-refractivity contribution is 6.34. The molecular weight excluding hydrogens is 694 g/mol. The first-order chi connectivity index (χ1) is 25.6. The second-order valence-corrected chi connectivity index (χ2v) is 14.8. The molecule has 8 atom stereocenters. The molecule has 276 valence electrons. The van der Waals surface area contributed by atoms with Gasteiger partial charge in [0.2, 0.25) is 11.8 Å². The number of hydrogen-bond acceptors (Lipinski definition) is 7. The number of anilines is 1. The Kier molecular flexibility index (Phi) is 10.3. The number of likely N-dealkylation sites (tertiary alicyclic amines) is 1. The number of likely N-dealkylation sites (N-methyl/N-ethyl adjacent to an activating group) is 1. The number of nitrogens with zero attached hydrogens (tertiary/aromatic N) is 3. The summed E-state index contributed by atoms with van der Waals surface area (Å²) in [5, 5.41) is 11.3. The van der Waals surface area contributed by atoms with Crippen LogP contribution in [0.2, 0.25) is 5.02 Å². The van der Waals surface area contributed by atoms with Crippen LogP contribution >= 0.6 is 11.6 Å². The minimum absolute atomic E-state index is 0.106. The number of allylic oxidation sites excluding steroid dienone is 1. The molecule has 10 nitrogen and oxygen atoms in total. The van der Waals surface area contributed by atoms with Crippen LogP contribution in [0.4, 0.5) is 5.69 Å². The quantitative estimate of drug-likeness (QED) is 0.273. The number of aliphatic hydroxyl groups is 1. The zero-order chi connectivity index (χ0) is 37.4. The molecule has 3 aromatic carbocycles. The molecule has 7 rings (SSSR count). The fraction of sp³-hybridized carbons (Fsp3) is 0.381. The Morgan fingerprint density at radius 3 is 2.36 bits per heavy atom. The number of amides is 3. The number of benzene rings is 3. The lowest BCUT2D eigenvalue weighted by Gasteiger charge is -2.39. The lowest BCUT2D eigenvalue weighted by Crippen LogP contribution is -2.58. The van der Waals surface area contributed by atoms with Gasteiger partial charge in [-0.2, -0.15) is 0 Å². The molecule has 0 radical (unpaired) electrons. The van der Waals surface area contributed by atoms with Gasteiger partial charge in [-0.1, -0.05) is 109 Å². The molecule has 0 unspecified atom stereocenters. The minimum Gasteiger partial charge on any atom is -0.455 e. The zero-order valence-corrected chi connectivity index (χ0v) is 30.8. The van der Waals surface area contributed by atoms with E-state index in [4.69, 9.17) is 21.1 Å². The monoisotopic (exact) mass is 737 g/mol. The van der Waals surface area contributed by atoms with Crippen LogP contribution in [0.15, 0.2) is 103 Å². The SMILES string of the molecule is Cc1cccc(Cl)c1N1CC=C[C@@]23O[C@H]4/C=C\CCC(=O)N(C)[C@@H](C)[C@H](c5ccccc5)OC(=O)[C@H]4[C@@H]2C(=O)N([C@@H](CO)Cc2ccccc2)[C@H]3C1=O. The molecule has 1 N–H and O–H groups in total. The summed E-state index contributed by atoms with van der Waals surface area (Å²) in [6.07, 6.45) is 6.11. The maximum atomic E-state index is 15.2. The van der Waals surface area contributed by atoms with Crippen molar-refractivity contribution in [2.75, 3.05) is 25.1 Å². The third-order valence-electron chi connectivity index (χ3n) is 11.2. The largest absolute Gasteiger partial charge is 0.455 e. The molecule has 11 heteroatoms. The normalized spacial score (nSPS) is 30.1. The first-order valence-electron chi connectivity index (χ1n) is 18.1. The van der Waals surface area contributed by atoms with Crippen molar-refractivity contribution in [3.63, 3.8) is 0 Å². The molecule has 0 aliphatic carbocycles. The van der Waals surface area contributed by atoms with Crippen molar-refractivity contribution in [1.82, 2.24) is 9.80 Å². The van der Waals surface area contributed by atoms with Crippen molar-refractivity contribution in [2.45, 2.75) is 69.0 Å². The van der Waals surface area contributed by atoms with Crippen molar-refractivity contribution < 1.29 is 33.8 Å². The zero-order valence-electron chi connectivity index (χ0n) is 30.0. The Hall–Kier alpha value is -4.77. The molecule has 4 heterocycles. The van der Waals surface area contributed by atoms with Crippen LogP contribution in [0.3, 0.4) is 0 Å². The van der Waals surface area contributed by atoms with E-state index in [1.807, 2.05) is 86.6 Å². The second kappa shape index (κ2) is 14.9. The van der Waals surface area contributed by atoms with Gasteiger partial charge >= 0.3 is 5.97 Å². The van der Waals surface area contributed by atoms with E-state index in [1.54, 1.807) is 47.2 Å². The predicted octanol–water partition coefficient (Wildman–Crippen LogP) is 5.22. The van der Waals surface area contributed by atoms with Crippen LogP contribution in [0.5, 0.6) is 0 Å². The Bertz CT molecular complexity index is 1920. The van der Waals surface area contributed by atoms with E-state index in [0.29, 0.717) is 22.7 Å². The number of carbonyl (C=O) groups is 4. The first kappa shape index (κ1) is 36.6. The van der Waals surface area contributed by atoms with Gasteiger partial charge < -0.3 is 29.3 Å². The number of fused-ring (bicyclic) bond motifs is 2. The summed E-state index contributed by atoms with van der Waals surface area (Å²) in [4.78, 5) is 63.0. The van der Waals surface area contributed by atoms with E-state index < -0.39 is 72.2 Å². The number of para-hydroxylation sites is 1. The molecule has 53 heavy (non-hydrogen) atoms. The number of rotatable bonds is 6. The molecule has 2 saturated heterocycles. The summed E-state index contributed by atoms with van der Waals surface area (Å²) in [6, 6.07) is 21.4. The van der Waals surface area contributed by atoms with Gasteiger partial charge in [-0.15, -0.1) is 0 Å². The highest BCUT2D eigenvalue weighted by Crippen LogP contribution is 2.54. The number of cyclic esters (lactones) is 1. The predicted molar refractivity (Wildman–Crippen MR) is 200 cm³/mol. The van der Waals surface area contributed by atoms with Gasteiger partial charge in [0.15, 0.2) is 0 Å². The summed E-state index contributed by atoms with van der Waals surface area (Å²) < 4.78 is 13.3. The molecule has 3 amide bonds. The fourth-order valence-corrected chi connectivity index (χ4v) is 8.85. The number of aliphatic hydroxyl groups excluding tert-OH is 1. The van der Waals surface area contributed by atoms with Gasteiger partial charge in [0, 0.05) is 20.0 Å². The Morgan fingerprint density at radius 1 is 0.943 bits per heavy atom. The van der Waals surface area contributed by atoms with Gasteiger partial charge in [-0.25, -0.2) is 0 Å². The van der Waals surface area contributed by atoms with Crippen molar-refractivity contribution in [3.05, 3.63) is 125 Å². The summed E-state index contributed by atoms with van der Waals surface area (Å²) >= 11 is 6.74. The number of aryl methyl sites for hydroxylation is 1. The van der Waals surface area contributed by atoms with Crippen LogP contribution in [0.25, 0.3) is 0 Å². The van der Waals surface area contributed by atoms with Crippen LogP contribution < -0.4 is 4.90 Å². The number of ether oxygens (including phenoxy) is 2. The Labute approximate surface area is 314 Å². The number of esters is 1. The van der Waals surface area contributed by atoms with E-state index in [-0.39, 0.29) is 25.3 Å². The molecule has 3 aromatic rings. The molecule has 1 spiro atoms.